The van der Waals surface area contributed by atoms with Crippen LogP contribution in [0.3, 0.4) is 0 Å². The Labute approximate surface area is 171 Å². The van der Waals surface area contributed by atoms with Gasteiger partial charge in [-0.15, -0.1) is 0 Å². The average Bonchev–Trinajstić information content (AvgIpc) is 3.19. The molecule has 0 aliphatic rings. The van der Waals surface area contributed by atoms with Gasteiger partial charge in [0.1, 0.15) is 11.8 Å². The van der Waals surface area contributed by atoms with Crippen molar-refractivity contribution >= 4 is 34.6 Å². The van der Waals surface area contributed by atoms with E-state index in [0.717, 1.165) is 5.56 Å². The first-order valence-electron chi connectivity index (χ1n) is 9.03. The van der Waals surface area contributed by atoms with Crippen molar-refractivity contribution in [3.63, 3.8) is 0 Å². The van der Waals surface area contributed by atoms with E-state index in [9.17, 15) is 9.59 Å². The Morgan fingerprint density at radius 3 is 2.77 bits per heavy atom. The van der Waals surface area contributed by atoms with Gasteiger partial charge in [-0.3, -0.25) is 9.78 Å². The fraction of sp³-hybridized carbons (Fsp3) is 0.0500. The quantitative estimate of drug-likeness (QED) is 0.404. The molecule has 0 saturated heterocycles. The van der Waals surface area contributed by atoms with Crippen LogP contribution in [0.4, 0.5) is 22.0 Å². The van der Waals surface area contributed by atoms with Crippen molar-refractivity contribution in [2.45, 2.75) is 6.54 Å². The number of carbonyl (C=O) groups is 2. The average molecular weight is 402 g/mol. The SMILES string of the molecule is Nc1ncnn2ccc(C(=O)Nc3cccc(CNC(=O)Nc4cccnc4)c3)c12. The Bertz CT molecular complexity index is 1210. The van der Waals surface area contributed by atoms with Crippen LogP contribution < -0.4 is 21.7 Å². The molecule has 4 aromatic rings. The summed E-state index contributed by atoms with van der Waals surface area (Å²) >= 11 is 0. The van der Waals surface area contributed by atoms with Crippen LogP contribution in [0.1, 0.15) is 15.9 Å². The summed E-state index contributed by atoms with van der Waals surface area (Å²) in [4.78, 5) is 32.6. The number of benzene rings is 1. The number of urea groups is 1. The summed E-state index contributed by atoms with van der Waals surface area (Å²) < 4.78 is 1.50. The van der Waals surface area contributed by atoms with E-state index in [1.54, 1.807) is 55.0 Å². The summed E-state index contributed by atoms with van der Waals surface area (Å²) in [5, 5.41) is 12.3. The Kier molecular flexibility index (Phi) is 5.20. The third-order valence-corrected chi connectivity index (χ3v) is 4.28. The lowest BCUT2D eigenvalue weighted by molar-refractivity contribution is 0.102. The van der Waals surface area contributed by atoms with Crippen LogP contribution in [0.5, 0.6) is 0 Å². The molecular formula is C20H18N8O2. The minimum Gasteiger partial charge on any atom is -0.382 e. The first-order chi connectivity index (χ1) is 14.6. The van der Waals surface area contributed by atoms with Crippen molar-refractivity contribution in [3.8, 4) is 0 Å². The predicted octanol–water partition coefficient (Wildman–Crippen LogP) is 2.28. The molecule has 0 fully saturated rings. The lowest BCUT2D eigenvalue weighted by Crippen LogP contribution is -2.28. The van der Waals surface area contributed by atoms with Crippen molar-refractivity contribution in [3.05, 3.63) is 78.5 Å². The Morgan fingerprint density at radius 1 is 1.07 bits per heavy atom. The normalized spacial score (nSPS) is 10.5. The molecule has 5 N–H and O–H groups in total. The van der Waals surface area contributed by atoms with Crippen molar-refractivity contribution in [2.75, 3.05) is 16.4 Å². The highest BCUT2D eigenvalue weighted by Crippen LogP contribution is 2.19. The highest BCUT2D eigenvalue weighted by Gasteiger charge is 2.15. The molecule has 1 aromatic carbocycles. The van der Waals surface area contributed by atoms with Gasteiger partial charge in [-0.25, -0.2) is 14.3 Å². The zero-order valence-corrected chi connectivity index (χ0v) is 15.7. The number of anilines is 3. The van der Waals surface area contributed by atoms with Gasteiger partial charge < -0.3 is 21.7 Å². The number of aromatic nitrogens is 4. The van der Waals surface area contributed by atoms with Gasteiger partial charge in [0, 0.05) is 24.6 Å². The Hall–Kier alpha value is -4.47. The molecule has 4 rings (SSSR count). The number of nitrogens with two attached hydrogens (primary N) is 1. The number of rotatable bonds is 5. The number of hydrogen-bond donors (Lipinski definition) is 4. The van der Waals surface area contributed by atoms with Crippen LogP contribution in [0, 0.1) is 0 Å². The maximum Gasteiger partial charge on any atom is 0.319 e. The van der Waals surface area contributed by atoms with Gasteiger partial charge in [-0.05, 0) is 35.9 Å². The number of pyridine rings is 1. The van der Waals surface area contributed by atoms with Gasteiger partial charge in [0.15, 0.2) is 5.82 Å². The smallest absolute Gasteiger partial charge is 0.319 e. The molecule has 0 saturated carbocycles. The summed E-state index contributed by atoms with van der Waals surface area (Å²) in [6.45, 7) is 0.283. The second-order valence-corrected chi connectivity index (χ2v) is 6.37. The van der Waals surface area contributed by atoms with Crippen LogP contribution in [0.2, 0.25) is 0 Å². The van der Waals surface area contributed by atoms with Gasteiger partial charge in [0.05, 0.1) is 17.4 Å². The van der Waals surface area contributed by atoms with E-state index < -0.39 is 0 Å². The molecule has 0 aliphatic carbocycles. The second kappa shape index (κ2) is 8.27. The molecule has 0 bridgehead atoms. The highest BCUT2D eigenvalue weighted by atomic mass is 16.2. The molecular weight excluding hydrogens is 384 g/mol. The number of nitrogens with one attached hydrogen (secondary N) is 3. The number of carbonyl (C=O) groups excluding carboxylic acids is 2. The van der Waals surface area contributed by atoms with Crippen LogP contribution in [-0.2, 0) is 6.54 Å². The molecule has 3 heterocycles. The lowest BCUT2D eigenvalue weighted by Gasteiger charge is -2.10. The molecule has 3 amide bonds. The summed E-state index contributed by atoms with van der Waals surface area (Å²) in [7, 11) is 0. The van der Waals surface area contributed by atoms with E-state index in [1.165, 1.54) is 10.8 Å². The first kappa shape index (κ1) is 18.9. The fourth-order valence-electron chi connectivity index (χ4n) is 2.91. The molecule has 0 spiro atoms. The van der Waals surface area contributed by atoms with E-state index in [1.807, 2.05) is 6.07 Å². The van der Waals surface area contributed by atoms with Crippen molar-refractivity contribution in [2.24, 2.45) is 0 Å². The molecule has 0 atom stereocenters. The van der Waals surface area contributed by atoms with Crippen molar-refractivity contribution in [1.29, 1.82) is 0 Å². The second-order valence-electron chi connectivity index (χ2n) is 6.37. The summed E-state index contributed by atoms with van der Waals surface area (Å²) in [6.07, 6.45) is 6.15. The maximum atomic E-state index is 12.7. The van der Waals surface area contributed by atoms with Crippen molar-refractivity contribution < 1.29 is 9.59 Å². The number of nitrogen functional groups attached to an aromatic ring is 1. The van der Waals surface area contributed by atoms with Gasteiger partial charge in [-0.1, -0.05) is 12.1 Å². The number of hydrogen-bond acceptors (Lipinski definition) is 6. The number of nitrogens with zero attached hydrogens (tertiary/aromatic N) is 4. The van der Waals surface area contributed by atoms with E-state index >= 15 is 0 Å². The molecule has 0 aliphatic heterocycles. The molecule has 0 radical (unpaired) electrons. The summed E-state index contributed by atoms with van der Waals surface area (Å²) in [6, 6.07) is 11.9. The Balaban J connectivity index is 1.40. The van der Waals surface area contributed by atoms with Crippen LogP contribution >= 0.6 is 0 Å². The molecule has 3 aromatic heterocycles. The summed E-state index contributed by atoms with van der Waals surface area (Å²) in [5.41, 5.74) is 8.69. The van der Waals surface area contributed by atoms with E-state index in [4.69, 9.17) is 5.73 Å². The fourth-order valence-corrected chi connectivity index (χ4v) is 2.91. The minimum absolute atomic E-state index is 0.220. The molecule has 0 unspecified atom stereocenters. The van der Waals surface area contributed by atoms with Gasteiger partial charge in [0.25, 0.3) is 5.91 Å². The first-order valence-corrected chi connectivity index (χ1v) is 9.03. The van der Waals surface area contributed by atoms with Crippen molar-refractivity contribution in [1.82, 2.24) is 24.9 Å². The maximum absolute atomic E-state index is 12.7. The zero-order chi connectivity index (χ0) is 20.9. The van der Waals surface area contributed by atoms with Gasteiger partial charge in [-0.2, -0.15) is 5.10 Å². The predicted molar refractivity (Wildman–Crippen MR) is 112 cm³/mol. The lowest BCUT2D eigenvalue weighted by atomic mass is 10.2. The van der Waals surface area contributed by atoms with Crippen LogP contribution in [-0.4, -0.2) is 31.5 Å². The van der Waals surface area contributed by atoms with Gasteiger partial charge in [0.2, 0.25) is 0 Å². The molecule has 150 valence electrons. The largest absolute Gasteiger partial charge is 0.382 e. The monoisotopic (exact) mass is 402 g/mol. The third kappa shape index (κ3) is 4.17. The molecule has 10 nitrogen and oxygen atoms in total. The molecule has 30 heavy (non-hydrogen) atoms. The van der Waals surface area contributed by atoms with Crippen LogP contribution in [0.15, 0.2) is 67.4 Å². The summed E-state index contributed by atoms with van der Waals surface area (Å²) in [5.74, 6) is -0.115. The van der Waals surface area contributed by atoms with E-state index in [2.05, 4.69) is 31.0 Å². The standard InChI is InChI=1S/C20H18N8O2/c21-18-17-16(6-8-28(17)25-12-24-18)19(29)26-14-4-1-3-13(9-14)10-23-20(30)27-15-5-2-7-22-11-15/h1-9,11-12H,10H2,(H,26,29)(H2,21,24,25)(H2,23,27,30). The number of amides is 3. The van der Waals surface area contributed by atoms with E-state index in [0.29, 0.717) is 22.5 Å². The molecule has 10 heteroatoms. The zero-order valence-electron chi connectivity index (χ0n) is 15.7. The van der Waals surface area contributed by atoms with Gasteiger partial charge >= 0.3 is 6.03 Å². The topological polar surface area (TPSA) is 139 Å². The van der Waals surface area contributed by atoms with E-state index in [-0.39, 0.29) is 24.3 Å². The third-order valence-electron chi connectivity index (χ3n) is 4.28. The highest BCUT2D eigenvalue weighted by molar-refractivity contribution is 6.10. The Morgan fingerprint density at radius 2 is 1.93 bits per heavy atom. The van der Waals surface area contributed by atoms with Crippen LogP contribution in [0.25, 0.3) is 5.52 Å². The number of fused-ring (bicyclic) bond motifs is 1. The minimum atomic E-state index is -0.354.